The van der Waals surface area contributed by atoms with Gasteiger partial charge in [0.15, 0.2) is 0 Å². The third-order valence-corrected chi connectivity index (χ3v) is 7.82. The minimum absolute atomic E-state index is 0.138. The smallest absolute Gasteiger partial charge is 0.223 e. The number of carbonyl (C=O) groups is 1. The normalized spacial score (nSPS) is 25.2. The highest BCUT2D eigenvalue weighted by atomic mass is 32.2. The standard InChI is InChI=1S/C16H29N3O4S/c20-16(5-6-17-11-13-23-14-12-17)18-7-9-19(10-8-18)24(21,22)15-3-1-2-4-15/h15H,1-14H2. The monoisotopic (exact) mass is 359 g/mol. The second-order valence-electron chi connectivity index (χ2n) is 6.94. The predicted octanol–water partition coefficient (Wildman–Crippen LogP) is 0.125. The molecular weight excluding hydrogens is 330 g/mol. The number of hydrogen-bond donors (Lipinski definition) is 0. The summed E-state index contributed by atoms with van der Waals surface area (Å²) in [6.45, 7) is 5.97. The van der Waals surface area contributed by atoms with Crippen molar-refractivity contribution < 1.29 is 17.9 Å². The molecule has 0 unspecified atom stereocenters. The van der Waals surface area contributed by atoms with Crippen molar-refractivity contribution in [3.8, 4) is 0 Å². The number of rotatable bonds is 5. The Bertz CT molecular complexity index is 519. The van der Waals surface area contributed by atoms with Crippen LogP contribution >= 0.6 is 0 Å². The summed E-state index contributed by atoms with van der Waals surface area (Å²) in [4.78, 5) is 16.4. The Morgan fingerprint density at radius 2 is 1.58 bits per heavy atom. The molecule has 8 heteroatoms. The molecule has 2 saturated heterocycles. The van der Waals surface area contributed by atoms with E-state index >= 15 is 0 Å². The Hall–Kier alpha value is -0.700. The van der Waals surface area contributed by atoms with Gasteiger partial charge in [0.25, 0.3) is 0 Å². The minimum atomic E-state index is -3.17. The molecule has 2 aliphatic heterocycles. The second-order valence-corrected chi connectivity index (χ2v) is 9.15. The summed E-state index contributed by atoms with van der Waals surface area (Å²) in [6.07, 6.45) is 4.13. The highest BCUT2D eigenvalue weighted by Gasteiger charge is 2.36. The van der Waals surface area contributed by atoms with E-state index in [-0.39, 0.29) is 11.2 Å². The van der Waals surface area contributed by atoms with Gasteiger partial charge >= 0.3 is 0 Å². The SMILES string of the molecule is O=C(CCN1CCOCC1)N1CCN(S(=O)(=O)C2CCCC2)CC1. The van der Waals surface area contributed by atoms with Crippen molar-refractivity contribution in [3.05, 3.63) is 0 Å². The fourth-order valence-corrected chi connectivity index (χ4v) is 5.85. The fourth-order valence-electron chi connectivity index (χ4n) is 3.83. The van der Waals surface area contributed by atoms with Gasteiger partial charge in [0.1, 0.15) is 0 Å². The van der Waals surface area contributed by atoms with Crippen LogP contribution in [0.25, 0.3) is 0 Å². The van der Waals surface area contributed by atoms with E-state index in [1.165, 1.54) is 0 Å². The summed E-state index contributed by atoms with van der Waals surface area (Å²) in [5.41, 5.74) is 0. The average Bonchev–Trinajstić information content (AvgIpc) is 3.16. The predicted molar refractivity (Wildman–Crippen MR) is 91.2 cm³/mol. The van der Waals surface area contributed by atoms with E-state index in [1.807, 2.05) is 4.90 Å². The third kappa shape index (κ3) is 4.28. The summed E-state index contributed by atoms with van der Waals surface area (Å²) in [6, 6.07) is 0. The van der Waals surface area contributed by atoms with Crippen LogP contribution in [0.3, 0.4) is 0 Å². The van der Waals surface area contributed by atoms with Gasteiger partial charge in [-0.05, 0) is 12.8 Å². The molecule has 7 nitrogen and oxygen atoms in total. The number of nitrogens with zero attached hydrogens (tertiary/aromatic N) is 3. The first-order valence-electron chi connectivity index (χ1n) is 9.14. The number of sulfonamides is 1. The third-order valence-electron chi connectivity index (χ3n) is 5.42. The summed E-state index contributed by atoms with van der Waals surface area (Å²) in [7, 11) is -3.17. The van der Waals surface area contributed by atoms with Crippen molar-refractivity contribution in [2.45, 2.75) is 37.4 Å². The molecule has 1 saturated carbocycles. The maximum Gasteiger partial charge on any atom is 0.223 e. The van der Waals surface area contributed by atoms with Gasteiger partial charge in [-0.2, -0.15) is 4.31 Å². The van der Waals surface area contributed by atoms with Gasteiger partial charge < -0.3 is 9.64 Å². The number of carbonyl (C=O) groups excluding carboxylic acids is 1. The molecule has 1 aliphatic carbocycles. The molecule has 2 heterocycles. The maximum absolute atomic E-state index is 12.6. The zero-order chi connectivity index (χ0) is 17.0. The zero-order valence-electron chi connectivity index (χ0n) is 14.4. The molecule has 3 aliphatic rings. The van der Waals surface area contributed by atoms with Gasteiger partial charge in [0, 0.05) is 52.2 Å². The molecule has 24 heavy (non-hydrogen) atoms. The van der Waals surface area contributed by atoms with Crippen LogP contribution in [0, 0.1) is 0 Å². The number of ether oxygens (including phenoxy) is 1. The molecule has 0 bridgehead atoms. The van der Waals surface area contributed by atoms with E-state index in [4.69, 9.17) is 4.74 Å². The lowest BCUT2D eigenvalue weighted by atomic mass is 10.3. The molecule has 1 amide bonds. The molecule has 0 aromatic carbocycles. The number of amides is 1. The van der Waals surface area contributed by atoms with Gasteiger partial charge in [0.05, 0.1) is 18.5 Å². The molecular formula is C16H29N3O4S. The Labute approximate surface area is 145 Å². The number of piperazine rings is 1. The zero-order valence-corrected chi connectivity index (χ0v) is 15.2. The van der Waals surface area contributed by atoms with Crippen LogP contribution in [0.4, 0.5) is 0 Å². The molecule has 0 N–H and O–H groups in total. The fraction of sp³-hybridized carbons (Fsp3) is 0.938. The topological polar surface area (TPSA) is 70.2 Å². The molecule has 0 atom stereocenters. The van der Waals surface area contributed by atoms with E-state index in [1.54, 1.807) is 4.31 Å². The lowest BCUT2D eigenvalue weighted by Gasteiger charge is -2.36. The van der Waals surface area contributed by atoms with Crippen molar-refractivity contribution in [1.82, 2.24) is 14.1 Å². The van der Waals surface area contributed by atoms with Crippen LogP contribution in [0.15, 0.2) is 0 Å². The Morgan fingerprint density at radius 3 is 2.21 bits per heavy atom. The van der Waals surface area contributed by atoms with E-state index in [2.05, 4.69) is 4.90 Å². The highest BCUT2D eigenvalue weighted by molar-refractivity contribution is 7.89. The molecule has 138 valence electrons. The Balaban J connectivity index is 1.43. The van der Waals surface area contributed by atoms with Gasteiger partial charge in [-0.1, -0.05) is 12.8 Å². The lowest BCUT2D eigenvalue weighted by molar-refractivity contribution is -0.133. The van der Waals surface area contributed by atoms with Crippen LogP contribution in [0.1, 0.15) is 32.1 Å². The summed E-state index contributed by atoms with van der Waals surface area (Å²) in [5, 5.41) is -0.193. The van der Waals surface area contributed by atoms with E-state index in [0.717, 1.165) is 58.5 Å². The molecule has 3 fully saturated rings. The van der Waals surface area contributed by atoms with Crippen LogP contribution in [-0.2, 0) is 19.6 Å². The largest absolute Gasteiger partial charge is 0.379 e. The summed E-state index contributed by atoms with van der Waals surface area (Å²) >= 11 is 0. The molecule has 3 rings (SSSR count). The Morgan fingerprint density at radius 1 is 0.958 bits per heavy atom. The van der Waals surface area contributed by atoms with Gasteiger partial charge in [-0.25, -0.2) is 8.42 Å². The van der Waals surface area contributed by atoms with Gasteiger partial charge in [-0.3, -0.25) is 9.69 Å². The lowest BCUT2D eigenvalue weighted by Crippen LogP contribution is -2.52. The van der Waals surface area contributed by atoms with Gasteiger partial charge in [-0.15, -0.1) is 0 Å². The quantitative estimate of drug-likeness (QED) is 0.698. The minimum Gasteiger partial charge on any atom is -0.379 e. The molecule has 0 radical (unpaired) electrons. The van der Waals surface area contributed by atoms with E-state index in [9.17, 15) is 13.2 Å². The van der Waals surface area contributed by atoms with Crippen LogP contribution in [0.5, 0.6) is 0 Å². The van der Waals surface area contributed by atoms with E-state index in [0.29, 0.717) is 32.6 Å². The van der Waals surface area contributed by atoms with Crippen molar-refractivity contribution in [3.63, 3.8) is 0 Å². The molecule has 0 aromatic rings. The van der Waals surface area contributed by atoms with Gasteiger partial charge in [0.2, 0.25) is 15.9 Å². The first-order valence-corrected chi connectivity index (χ1v) is 10.6. The summed E-state index contributed by atoms with van der Waals surface area (Å²) in [5.74, 6) is 0.138. The number of morpholine rings is 1. The second kappa shape index (κ2) is 8.12. The molecule has 0 aromatic heterocycles. The maximum atomic E-state index is 12.6. The highest BCUT2D eigenvalue weighted by Crippen LogP contribution is 2.27. The first-order chi connectivity index (χ1) is 11.6. The van der Waals surface area contributed by atoms with Crippen molar-refractivity contribution >= 4 is 15.9 Å². The number of hydrogen-bond acceptors (Lipinski definition) is 5. The van der Waals surface area contributed by atoms with Crippen molar-refractivity contribution in [1.29, 1.82) is 0 Å². The van der Waals surface area contributed by atoms with Crippen LogP contribution in [-0.4, -0.2) is 92.7 Å². The van der Waals surface area contributed by atoms with Crippen LogP contribution in [0.2, 0.25) is 0 Å². The summed E-state index contributed by atoms with van der Waals surface area (Å²) < 4.78 is 32.1. The Kier molecular flexibility index (Phi) is 6.12. The van der Waals surface area contributed by atoms with Crippen molar-refractivity contribution in [2.24, 2.45) is 0 Å². The van der Waals surface area contributed by atoms with Crippen LogP contribution < -0.4 is 0 Å². The van der Waals surface area contributed by atoms with E-state index < -0.39 is 10.0 Å². The van der Waals surface area contributed by atoms with Crippen molar-refractivity contribution in [2.75, 3.05) is 59.0 Å². The average molecular weight is 359 g/mol. The first kappa shape index (κ1) is 18.1. The molecule has 0 spiro atoms.